The minimum atomic E-state index is -3.55. The summed E-state index contributed by atoms with van der Waals surface area (Å²) in [5.41, 5.74) is 2.47. The zero-order valence-corrected chi connectivity index (χ0v) is 18.1. The number of halogens is 1. The summed E-state index contributed by atoms with van der Waals surface area (Å²) in [6.45, 7) is 7.26. The molecular formula is C19H24BrN3O3S. The Hall–Kier alpha value is -1.90. The summed E-state index contributed by atoms with van der Waals surface area (Å²) in [7, 11) is -3.55. The highest BCUT2D eigenvalue weighted by molar-refractivity contribution is 9.10. The standard InChI is InChI=1S/C19H24BrN3O3S/c1-12(2)23-27(25,26)17-9-7-15(8-10-17)22-19(24)14(4)21-16-6-5-13(3)18(20)11-16/h5-12,14,21,23H,1-4H3,(H,22,24). The lowest BCUT2D eigenvalue weighted by Crippen LogP contribution is -2.32. The predicted octanol–water partition coefficient (Wildman–Crippen LogP) is 3.88. The quantitative estimate of drug-likeness (QED) is 0.593. The van der Waals surface area contributed by atoms with Gasteiger partial charge in [-0.1, -0.05) is 22.0 Å². The Morgan fingerprint density at radius 2 is 1.59 bits per heavy atom. The number of carbonyl (C=O) groups excluding carboxylic acids is 1. The Balaban J connectivity index is 2.01. The lowest BCUT2D eigenvalue weighted by Gasteiger charge is -2.16. The molecule has 6 nitrogen and oxygen atoms in total. The van der Waals surface area contributed by atoms with Gasteiger partial charge < -0.3 is 10.6 Å². The van der Waals surface area contributed by atoms with Crippen LogP contribution >= 0.6 is 15.9 Å². The molecular weight excluding hydrogens is 430 g/mol. The zero-order chi connectivity index (χ0) is 20.2. The molecule has 2 aromatic rings. The van der Waals surface area contributed by atoms with Crippen molar-refractivity contribution in [2.24, 2.45) is 0 Å². The average Bonchev–Trinajstić information content (AvgIpc) is 2.57. The minimum absolute atomic E-state index is 0.157. The Bertz CT molecular complexity index is 912. The third kappa shape index (κ3) is 6.05. The first-order chi connectivity index (χ1) is 12.6. The van der Waals surface area contributed by atoms with Crippen molar-refractivity contribution in [1.29, 1.82) is 0 Å². The highest BCUT2D eigenvalue weighted by atomic mass is 79.9. The van der Waals surface area contributed by atoms with Crippen LogP contribution in [0.4, 0.5) is 11.4 Å². The van der Waals surface area contributed by atoms with Gasteiger partial charge in [0.1, 0.15) is 6.04 Å². The van der Waals surface area contributed by atoms with E-state index >= 15 is 0 Å². The Labute approximate surface area is 168 Å². The molecule has 0 heterocycles. The number of hydrogen-bond acceptors (Lipinski definition) is 4. The van der Waals surface area contributed by atoms with E-state index in [1.165, 1.54) is 12.1 Å². The summed E-state index contributed by atoms with van der Waals surface area (Å²) >= 11 is 3.47. The van der Waals surface area contributed by atoms with Gasteiger partial charge in [0.2, 0.25) is 15.9 Å². The molecule has 8 heteroatoms. The lowest BCUT2D eigenvalue weighted by atomic mass is 10.2. The zero-order valence-electron chi connectivity index (χ0n) is 15.7. The van der Waals surface area contributed by atoms with Crippen LogP contribution in [0.2, 0.25) is 0 Å². The molecule has 0 saturated heterocycles. The van der Waals surface area contributed by atoms with E-state index in [9.17, 15) is 13.2 Å². The van der Waals surface area contributed by atoms with Gasteiger partial charge in [-0.3, -0.25) is 4.79 Å². The summed E-state index contributed by atoms with van der Waals surface area (Å²) < 4.78 is 27.7. The van der Waals surface area contributed by atoms with Crippen LogP contribution in [0.5, 0.6) is 0 Å². The van der Waals surface area contributed by atoms with Crippen molar-refractivity contribution in [3.8, 4) is 0 Å². The van der Waals surface area contributed by atoms with E-state index in [0.717, 1.165) is 15.7 Å². The van der Waals surface area contributed by atoms with E-state index in [0.29, 0.717) is 5.69 Å². The fourth-order valence-electron chi connectivity index (χ4n) is 2.34. The molecule has 0 aromatic heterocycles. The van der Waals surface area contributed by atoms with Crippen LogP contribution < -0.4 is 15.4 Å². The third-order valence-corrected chi connectivity index (χ3v) is 6.30. The van der Waals surface area contributed by atoms with Crippen LogP contribution in [0.1, 0.15) is 26.3 Å². The Morgan fingerprint density at radius 3 is 2.15 bits per heavy atom. The first-order valence-corrected chi connectivity index (χ1v) is 10.8. The first kappa shape index (κ1) is 21.4. The summed E-state index contributed by atoms with van der Waals surface area (Å²) in [4.78, 5) is 12.5. The number of rotatable bonds is 7. The van der Waals surface area contributed by atoms with Crippen molar-refractivity contribution in [3.05, 3.63) is 52.5 Å². The monoisotopic (exact) mass is 453 g/mol. The fraction of sp³-hybridized carbons (Fsp3) is 0.316. The van der Waals surface area contributed by atoms with Crippen molar-refractivity contribution in [3.63, 3.8) is 0 Å². The summed E-state index contributed by atoms with van der Waals surface area (Å²) in [6, 6.07) is 11.2. The Kier molecular flexibility index (Phi) is 7.02. The third-order valence-electron chi connectivity index (χ3n) is 3.77. The van der Waals surface area contributed by atoms with E-state index in [4.69, 9.17) is 0 Å². The van der Waals surface area contributed by atoms with Crippen molar-refractivity contribution in [2.75, 3.05) is 10.6 Å². The first-order valence-electron chi connectivity index (χ1n) is 8.54. The maximum Gasteiger partial charge on any atom is 0.246 e. The maximum absolute atomic E-state index is 12.4. The second kappa shape index (κ2) is 8.86. The molecule has 1 unspecified atom stereocenters. The SMILES string of the molecule is Cc1ccc(NC(C)C(=O)Nc2ccc(S(=O)(=O)NC(C)C)cc2)cc1Br. The molecule has 2 rings (SSSR count). The largest absolute Gasteiger partial charge is 0.374 e. The number of hydrogen-bond donors (Lipinski definition) is 3. The lowest BCUT2D eigenvalue weighted by molar-refractivity contribution is -0.116. The molecule has 0 spiro atoms. The number of benzene rings is 2. The van der Waals surface area contributed by atoms with Crippen LogP contribution in [0.3, 0.4) is 0 Å². The number of amides is 1. The van der Waals surface area contributed by atoms with E-state index in [1.807, 2.05) is 25.1 Å². The predicted molar refractivity (Wildman–Crippen MR) is 112 cm³/mol. The summed E-state index contributed by atoms with van der Waals surface area (Å²) in [5.74, 6) is -0.220. The van der Waals surface area contributed by atoms with Crippen LogP contribution in [0, 0.1) is 6.92 Å². The number of nitrogens with one attached hydrogen (secondary N) is 3. The van der Waals surface area contributed by atoms with Crippen molar-refractivity contribution in [2.45, 2.75) is 44.7 Å². The molecule has 2 aromatic carbocycles. The van der Waals surface area contributed by atoms with Gasteiger partial charge in [-0.05, 0) is 69.7 Å². The fourth-order valence-corrected chi connectivity index (χ4v) is 3.97. The minimum Gasteiger partial charge on any atom is -0.374 e. The molecule has 0 fully saturated rings. The number of sulfonamides is 1. The molecule has 1 atom stereocenters. The second-order valence-electron chi connectivity index (χ2n) is 6.62. The summed E-state index contributed by atoms with van der Waals surface area (Å²) in [6.07, 6.45) is 0. The molecule has 0 bridgehead atoms. The number of aryl methyl sites for hydroxylation is 1. The van der Waals surface area contributed by atoms with Gasteiger partial charge >= 0.3 is 0 Å². The molecule has 0 aliphatic rings. The van der Waals surface area contributed by atoms with Crippen molar-refractivity contribution < 1.29 is 13.2 Å². The molecule has 27 heavy (non-hydrogen) atoms. The highest BCUT2D eigenvalue weighted by Gasteiger charge is 2.16. The molecule has 1 amide bonds. The van der Waals surface area contributed by atoms with Gasteiger partial charge in [0.15, 0.2) is 0 Å². The molecule has 0 aliphatic carbocycles. The van der Waals surface area contributed by atoms with Crippen LogP contribution in [-0.4, -0.2) is 26.4 Å². The topological polar surface area (TPSA) is 87.3 Å². The van der Waals surface area contributed by atoms with E-state index < -0.39 is 16.1 Å². The molecule has 146 valence electrons. The smallest absolute Gasteiger partial charge is 0.246 e. The summed E-state index contributed by atoms with van der Waals surface area (Å²) in [5, 5.41) is 5.92. The highest BCUT2D eigenvalue weighted by Crippen LogP contribution is 2.21. The number of anilines is 2. The Morgan fingerprint density at radius 1 is 1.00 bits per heavy atom. The maximum atomic E-state index is 12.4. The molecule has 0 saturated carbocycles. The van der Waals surface area contributed by atoms with E-state index in [-0.39, 0.29) is 16.8 Å². The molecule has 0 aliphatic heterocycles. The number of carbonyl (C=O) groups is 1. The van der Waals surface area contributed by atoms with Gasteiger partial charge in [0.05, 0.1) is 4.90 Å². The van der Waals surface area contributed by atoms with Gasteiger partial charge in [-0.15, -0.1) is 0 Å². The van der Waals surface area contributed by atoms with E-state index in [2.05, 4.69) is 31.3 Å². The van der Waals surface area contributed by atoms with Gasteiger partial charge in [-0.2, -0.15) is 0 Å². The second-order valence-corrected chi connectivity index (χ2v) is 9.19. The van der Waals surface area contributed by atoms with Crippen molar-refractivity contribution in [1.82, 2.24) is 4.72 Å². The molecule has 0 radical (unpaired) electrons. The van der Waals surface area contributed by atoms with Crippen molar-refractivity contribution >= 4 is 43.2 Å². The van der Waals surface area contributed by atoms with Gasteiger partial charge in [-0.25, -0.2) is 13.1 Å². The average molecular weight is 454 g/mol. The van der Waals surface area contributed by atoms with Crippen LogP contribution in [0.25, 0.3) is 0 Å². The normalized spacial score (nSPS) is 12.7. The molecule has 3 N–H and O–H groups in total. The van der Waals surface area contributed by atoms with Crippen LogP contribution in [0.15, 0.2) is 51.8 Å². The van der Waals surface area contributed by atoms with Crippen LogP contribution in [-0.2, 0) is 14.8 Å². The van der Waals surface area contributed by atoms with Gasteiger partial charge in [0, 0.05) is 21.9 Å². The van der Waals surface area contributed by atoms with E-state index in [1.54, 1.807) is 32.9 Å². The van der Waals surface area contributed by atoms with Gasteiger partial charge in [0.25, 0.3) is 0 Å².